The van der Waals surface area contributed by atoms with Gasteiger partial charge in [0.05, 0.1) is 11.4 Å². The molecule has 0 bridgehead atoms. The molecule has 4 rings (SSSR count). The second-order valence-corrected chi connectivity index (χ2v) is 8.70. The van der Waals surface area contributed by atoms with Crippen LogP contribution >= 0.6 is 0 Å². The molecular formula is C27H28F3N7O2. The van der Waals surface area contributed by atoms with Gasteiger partial charge in [-0.2, -0.15) is 13.2 Å². The van der Waals surface area contributed by atoms with Crippen LogP contribution in [0.2, 0.25) is 0 Å². The van der Waals surface area contributed by atoms with Crippen molar-refractivity contribution in [1.82, 2.24) is 15.0 Å². The van der Waals surface area contributed by atoms with Gasteiger partial charge in [-0.3, -0.25) is 9.78 Å². The van der Waals surface area contributed by atoms with E-state index >= 15 is 0 Å². The molecule has 2 heterocycles. The second-order valence-electron chi connectivity index (χ2n) is 8.70. The number of carbonyl (C=O) groups is 2. The van der Waals surface area contributed by atoms with Crippen LogP contribution in [0.4, 0.5) is 24.7 Å². The van der Waals surface area contributed by atoms with Crippen molar-refractivity contribution in [3.8, 4) is 22.4 Å². The molecule has 1 amide bonds. The maximum absolute atomic E-state index is 12.5. The number of anilines is 2. The number of aromatic nitrogens is 3. The fraction of sp³-hybridized carbons (Fsp3) is 0.222. The molecule has 1 aliphatic carbocycles. The summed E-state index contributed by atoms with van der Waals surface area (Å²) in [5.74, 6) is 0.345. The van der Waals surface area contributed by atoms with Gasteiger partial charge in [0.2, 0.25) is 0 Å². The number of allylic oxidation sites excluding steroid dienone is 3. The molecular weight excluding hydrogens is 511 g/mol. The first kappa shape index (κ1) is 28.8. The van der Waals surface area contributed by atoms with Crippen LogP contribution in [-0.4, -0.2) is 40.4 Å². The Morgan fingerprint density at radius 1 is 1.05 bits per heavy atom. The summed E-state index contributed by atoms with van der Waals surface area (Å²) in [6, 6.07) is 8.87. The maximum atomic E-state index is 12.5. The molecule has 3 aromatic rings. The number of benzene rings is 1. The average molecular weight is 540 g/mol. The van der Waals surface area contributed by atoms with Gasteiger partial charge >= 0.3 is 6.18 Å². The third-order valence-corrected chi connectivity index (χ3v) is 5.61. The lowest BCUT2D eigenvalue weighted by molar-refractivity contribution is -0.113. The van der Waals surface area contributed by atoms with Crippen LogP contribution in [0.15, 0.2) is 72.6 Å². The minimum absolute atomic E-state index is 0.402. The van der Waals surface area contributed by atoms with Crippen LogP contribution in [0.1, 0.15) is 18.4 Å². The number of nitrogens with zero attached hydrogens (tertiary/aromatic N) is 3. The number of aryl methyl sites for hydroxylation is 1. The number of aldehydes is 1. The largest absolute Gasteiger partial charge is 0.430 e. The highest BCUT2D eigenvalue weighted by atomic mass is 19.4. The first-order chi connectivity index (χ1) is 18.5. The van der Waals surface area contributed by atoms with Crippen LogP contribution in [0.25, 0.3) is 22.4 Å². The third kappa shape index (κ3) is 8.38. The van der Waals surface area contributed by atoms with E-state index in [4.69, 9.17) is 11.5 Å². The van der Waals surface area contributed by atoms with Gasteiger partial charge in [-0.15, -0.1) is 0 Å². The summed E-state index contributed by atoms with van der Waals surface area (Å²) in [6.07, 6.45) is 4.76. The first-order valence-corrected chi connectivity index (χ1v) is 11.8. The molecule has 204 valence electrons. The summed E-state index contributed by atoms with van der Waals surface area (Å²) in [5.41, 5.74) is 13.1. The average Bonchev–Trinajstić information content (AvgIpc) is 3.77. The van der Waals surface area contributed by atoms with Crippen LogP contribution < -0.4 is 22.1 Å². The smallest absolute Gasteiger partial charge is 0.395 e. The van der Waals surface area contributed by atoms with Crippen molar-refractivity contribution in [2.24, 2.45) is 17.4 Å². The van der Waals surface area contributed by atoms with E-state index in [9.17, 15) is 22.8 Å². The van der Waals surface area contributed by atoms with E-state index in [1.807, 2.05) is 13.0 Å². The fourth-order valence-corrected chi connectivity index (χ4v) is 3.18. The lowest BCUT2D eigenvalue weighted by atomic mass is 9.99. The normalized spacial score (nSPS) is 13.7. The topological polar surface area (TPSA) is 149 Å². The van der Waals surface area contributed by atoms with Crippen molar-refractivity contribution in [3.63, 3.8) is 0 Å². The quantitative estimate of drug-likeness (QED) is 0.197. The standard InChI is InChI=1S/C23H22F3N7O.C4H6O/c1-13-3-4-16(33-22(34)18(27)5-6-20(28)23(24,25)26)8-17(13)14-7-15(11-30-10-14)19-9-21(29-2)32-12-31-19;5-3-4-1-2-4/h3-12H,27-28H2,1-2H3,(H,33,34)(H,29,31,32);3-4H,1-2H2/b18-5-,20-6-;. The third-order valence-electron chi connectivity index (χ3n) is 5.61. The Morgan fingerprint density at radius 3 is 2.38 bits per heavy atom. The van der Waals surface area contributed by atoms with E-state index in [0.29, 0.717) is 29.2 Å². The van der Waals surface area contributed by atoms with Gasteiger partial charge in [0.25, 0.3) is 5.91 Å². The molecule has 1 fully saturated rings. The molecule has 39 heavy (non-hydrogen) atoms. The van der Waals surface area contributed by atoms with Gasteiger partial charge in [-0.1, -0.05) is 6.07 Å². The van der Waals surface area contributed by atoms with Gasteiger partial charge in [-0.05, 0) is 61.2 Å². The number of nitrogens with two attached hydrogens (primary N) is 2. The Kier molecular flexibility index (Phi) is 9.37. The van der Waals surface area contributed by atoms with Gasteiger partial charge in [0.15, 0.2) is 0 Å². The van der Waals surface area contributed by atoms with Crippen molar-refractivity contribution in [2.45, 2.75) is 25.9 Å². The Hall–Kier alpha value is -4.74. The molecule has 0 atom stereocenters. The highest BCUT2D eigenvalue weighted by molar-refractivity contribution is 6.03. The van der Waals surface area contributed by atoms with Crippen LogP contribution in [0.5, 0.6) is 0 Å². The highest BCUT2D eigenvalue weighted by Crippen LogP contribution is 2.29. The zero-order valence-corrected chi connectivity index (χ0v) is 21.3. The molecule has 0 aliphatic heterocycles. The predicted molar refractivity (Wildman–Crippen MR) is 143 cm³/mol. The first-order valence-electron chi connectivity index (χ1n) is 11.8. The molecule has 2 aromatic heterocycles. The maximum Gasteiger partial charge on any atom is 0.430 e. The number of amides is 1. The van der Waals surface area contributed by atoms with Gasteiger partial charge in [0.1, 0.15) is 24.1 Å². The number of nitrogens with one attached hydrogen (secondary N) is 2. The molecule has 12 heteroatoms. The predicted octanol–water partition coefficient (Wildman–Crippen LogP) is 4.34. The molecule has 0 radical (unpaired) electrons. The minimum atomic E-state index is -4.71. The number of alkyl halides is 3. The SMILES string of the molecule is CNc1cc(-c2cncc(-c3cc(NC(=O)/C(N)=C/C=C(\N)C(F)(F)F)ccc3C)c2)ncn1.O=CC1CC1. The molecule has 1 aromatic carbocycles. The van der Waals surface area contributed by atoms with Crippen molar-refractivity contribution in [1.29, 1.82) is 0 Å². The molecule has 0 unspecified atom stereocenters. The zero-order chi connectivity index (χ0) is 28.6. The minimum Gasteiger partial charge on any atom is -0.395 e. The van der Waals surface area contributed by atoms with E-state index in [-0.39, 0.29) is 0 Å². The zero-order valence-electron chi connectivity index (χ0n) is 21.3. The van der Waals surface area contributed by atoms with Gasteiger partial charge in [0, 0.05) is 48.2 Å². The second kappa shape index (κ2) is 12.7. The molecule has 0 spiro atoms. The summed E-state index contributed by atoms with van der Waals surface area (Å²) in [5, 5.41) is 5.53. The molecule has 9 nitrogen and oxygen atoms in total. The molecule has 1 saturated carbocycles. The van der Waals surface area contributed by atoms with Crippen molar-refractivity contribution in [2.75, 3.05) is 17.7 Å². The summed E-state index contributed by atoms with van der Waals surface area (Å²) >= 11 is 0. The van der Waals surface area contributed by atoms with Crippen molar-refractivity contribution >= 4 is 23.7 Å². The molecule has 1 aliphatic rings. The van der Waals surface area contributed by atoms with Crippen LogP contribution in [-0.2, 0) is 9.59 Å². The van der Waals surface area contributed by atoms with E-state index in [2.05, 4.69) is 25.6 Å². The van der Waals surface area contributed by atoms with Gasteiger partial charge in [-0.25, -0.2) is 9.97 Å². The van der Waals surface area contributed by atoms with Crippen LogP contribution in [0.3, 0.4) is 0 Å². The lowest BCUT2D eigenvalue weighted by Gasteiger charge is -2.12. The number of pyridine rings is 1. The Morgan fingerprint density at radius 2 is 1.77 bits per heavy atom. The van der Waals surface area contributed by atoms with E-state index < -0.39 is 23.5 Å². The van der Waals surface area contributed by atoms with E-state index in [1.54, 1.807) is 43.7 Å². The highest BCUT2D eigenvalue weighted by Gasteiger charge is 2.30. The van der Waals surface area contributed by atoms with E-state index in [0.717, 1.165) is 47.5 Å². The number of hydrogen-bond acceptors (Lipinski definition) is 8. The summed E-state index contributed by atoms with van der Waals surface area (Å²) in [6.45, 7) is 1.90. The van der Waals surface area contributed by atoms with E-state index in [1.165, 1.54) is 6.33 Å². The van der Waals surface area contributed by atoms with Gasteiger partial charge < -0.3 is 26.9 Å². The summed E-state index contributed by atoms with van der Waals surface area (Å²) in [4.78, 5) is 34.6. The monoisotopic (exact) mass is 539 g/mol. The summed E-state index contributed by atoms with van der Waals surface area (Å²) < 4.78 is 37.5. The van der Waals surface area contributed by atoms with Crippen LogP contribution in [0, 0.1) is 12.8 Å². The Bertz CT molecular complexity index is 1400. The lowest BCUT2D eigenvalue weighted by Crippen LogP contribution is -2.21. The number of halogens is 3. The number of carbonyl (C=O) groups excluding carboxylic acids is 2. The summed E-state index contributed by atoms with van der Waals surface area (Å²) in [7, 11) is 1.76. The molecule has 0 saturated heterocycles. The van der Waals surface area contributed by atoms with Crippen molar-refractivity contribution < 1.29 is 22.8 Å². The van der Waals surface area contributed by atoms with Crippen molar-refractivity contribution in [3.05, 3.63) is 78.2 Å². The number of rotatable bonds is 7. The Balaban J connectivity index is 0.000000753. The molecule has 6 N–H and O–H groups in total. The number of hydrogen-bond donors (Lipinski definition) is 4. The fourth-order valence-electron chi connectivity index (χ4n) is 3.18. The Labute approximate surface area is 223 Å².